The van der Waals surface area contributed by atoms with Crippen molar-refractivity contribution >= 4 is 43.4 Å². The summed E-state index contributed by atoms with van der Waals surface area (Å²) < 4.78 is 6.40. The number of aromatic nitrogens is 4. The molecule has 26 heavy (non-hydrogen) atoms. The highest BCUT2D eigenvalue weighted by Crippen LogP contribution is 2.38. The van der Waals surface area contributed by atoms with Crippen LogP contribution in [-0.4, -0.2) is 59.8 Å². The van der Waals surface area contributed by atoms with Crippen molar-refractivity contribution in [1.29, 1.82) is 5.26 Å². The quantitative estimate of drug-likeness (QED) is 0.691. The summed E-state index contributed by atoms with van der Waals surface area (Å²) in [6.45, 7) is 8.65. The molecule has 0 amide bonds. The van der Waals surface area contributed by atoms with E-state index in [0.717, 1.165) is 58.2 Å². The Morgan fingerprint density at radius 3 is 2.73 bits per heavy atom. The minimum absolute atomic E-state index is 0.562. The Labute approximate surface area is 155 Å². The molecule has 4 rings (SSSR count). The molecule has 1 aliphatic rings. The second kappa shape index (κ2) is 6.97. The van der Waals surface area contributed by atoms with E-state index in [0.29, 0.717) is 18.8 Å². The molecular formula is C17H19N7OS. The van der Waals surface area contributed by atoms with Crippen LogP contribution in [0.2, 0.25) is 0 Å². The first kappa shape index (κ1) is 16.9. The molecule has 0 radical (unpaired) electrons. The third-order valence-electron chi connectivity index (χ3n) is 4.62. The maximum absolute atomic E-state index is 9.60. The first-order chi connectivity index (χ1) is 12.8. The predicted octanol–water partition coefficient (Wildman–Crippen LogP) is 2.19. The summed E-state index contributed by atoms with van der Waals surface area (Å²) in [6.07, 6.45) is 0. The van der Waals surface area contributed by atoms with Crippen LogP contribution in [0.3, 0.4) is 0 Å². The molecule has 3 aromatic heterocycles. The molecule has 1 aliphatic heterocycles. The van der Waals surface area contributed by atoms with E-state index in [9.17, 15) is 5.26 Å². The Hall–Kier alpha value is -2.57. The molecule has 8 nitrogen and oxygen atoms in total. The van der Waals surface area contributed by atoms with Crippen LogP contribution in [-0.2, 0) is 4.74 Å². The highest BCUT2D eigenvalue weighted by molar-refractivity contribution is 7.26. The van der Waals surface area contributed by atoms with Crippen molar-refractivity contribution in [3.63, 3.8) is 0 Å². The second-order valence-electron chi connectivity index (χ2n) is 5.99. The Morgan fingerprint density at radius 1 is 1.27 bits per heavy atom. The number of rotatable bonds is 4. The van der Waals surface area contributed by atoms with Crippen molar-refractivity contribution in [3.05, 3.63) is 11.6 Å². The molecule has 0 spiro atoms. The molecule has 4 heterocycles. The molecule has 0 N–H and O–H groups in total. The summed E-state index contributed by atoms with van der Waals surface area (Å²) in [6, 6.07) is 4.16. The lowest BCUT2D eigenvalue weighted by Crippen LogP contribution is -2.37. The van der Waals surface area contributed by atoms with Crippen LogP contribution in [0, 0.1) is 11.3 Å². The zero-order chi connectivity index (χ0) is 18.1. The highest BCUT2D eigenvalue weighted by atomic mass is 32.1. The fourth-order valence-corrected chi connectivity index (χ4v) is 4.34. The summed E-state index contributed by atoms with van der Waals surface area (Å²) in [5.41, 5.74) is 1.32. The summed E-state index contributed by atoms with van der Waals surface area (Å²) in [5, 5.41) is 22.9. The van der Waals surface area contributed by atoms with E-state index < -0.39 is 0 Å². The third-order valence-corrected chi connectivity index (χ3v) is 5.70. The summed E-state index contributed by atoms with van der Waals surface area (Å²) in [4.78, 5) is 9.92. The Bertz CT molecular complexity index is 986. The van der Waals surface area contributed by atoms with E-state index >= 15 is 0 Å². The van der Waals surface area contributed by atoms with Crippen molar-refractivity contribution in [2.75, 3.05) is 49.2 Å². The number of fused-ring (bicyclic) bond motifs is 3. The summed E-state index contributed by atoms with van der Waals surface area (Å²) in [7, 11) is 0. The van der Waals surface area contributed by atoms with Crippen LogP contribution in [0.1, 0.15) is 19.4 Å². The summed E-state index contributed by atoms with van der Waals surface area (Å²) >= 11 is 1.56. The molecular weight excluding hydrogens is 350 g/mol. The molecule has 9 heteroatoms. The van der Waals surface area contributed by atoms with Gasteiger partial charge >= 0.3 is 0 Å². The van der Waals surface area contributed by atoms with Crippen LogP contribution < -0.4 is 9.80 Å². The van der Waals surface area contributed by atoms with Gasteiger partial charge in [0.25, 0.3) is 0 Å². The van der Waals surface area contributed by atoms with Crippen LogP contribution in [0.15, 0.2) is 6.07 Å². The van der Waals surface area contributed by atoms with E-state index in [1.54, 1.807) is 11.3 Å². The number of morpholine rings is 1. The maximum atomic E-state index is 9.60. The van der Waals surface area contributed by atoms with E-state index in [-0.39, 0.29) is 0 Å². The van der Waals surface area contributed by atoms with Gasteiger partial charge in [0.2, 0.25) is 0 Å². The fraction of sp³-hybridized carbons (Fsp3) is 0.471. The van der Waals surface area contributed by atoms with Gasteiger partial charge in [-0.05, 0) is 25.1 Å². The van der Waals surface area contributed by atoms with E-state index in [1.807, 2.05) is 6.07 Å². The number of pyridine rings is 1. The van der Waals surface area contributed by atoms with Gasteiger partial charge in [0.1, 0.15) is 26.9 Å². The molecule has 0 aromatic carbocycles. The van der Waals surface area contributed by atoms with E-state index in [2.05, 4.69) is 45.1 Å². The van der Waals surface area contributed by atoms with Crippen LogP contribution in [0.25, 0.3) is 20.4 Å². The number of ether oxygens (including phenoxy) is 1. The molecule has 0 unspecified atom stereocenters. The molecule has 0 bridgehead atoms. The van der Waals surface area contributed by atoms with Crippen molar-refractivity contribution in [1.82, 2.24) is 20.4 Å². The largest absolute Gasteiger partial charge is 0.378 e. The topological polar surface area (TPSA) is 91.1 Å². The van der Waals surface area contributed by atoms with Crippen LogP contribution >= 0.6 is 11.3 Å². The van der Waals surface area contributed by atoms with Gasteiger partial charge < -0.3 is 14.5 Å². The first-order valence-electron chi connectivity index (χ1n) is 8.71. The lowest BCUT2D eigenvalue weighted by atomic mass is 10.2. The zero-order valence-corrected chi connectivity index (χ0v) is 15.6. The van der Waals surface area contributed by atoms with Crippen LogP contribution in [0.4, 0.5) is 11.6 Å². The van der Waals surface area contributed by atoms with Crippen molar-refractivity contribution in [2.45, 2.75) is 13.8 Å². The van der Waals surface area contributed by atoms with Gasteiger partial charge in [-0.25, -0.2) is 4.98 Å². The zero-order valence-electron chi connectivity index (χ0n) is 14.8. The van der Waals surface area contributed by atoms with Gasteiger partial charge in [-0.3, -0.25) is 0 Å². The predicted molar refractivity (Wildman–Crippen MR) is 102 cm³/mol. The minimum atomic E-state index is 0.562. The molecule has 3 aromatic rings. The lowest BCUT2D eigenvalue weighted by molar-refractivity contribution is 0.122. The van der Waals surface area contributed by atoms with Crippen molar-refractivity contribution in [2.24, 2.45) is 0 Å². The Kier molecular flexibility index (Phi) is 4.53. The number of nitrogens with zero attached hydrogens (tertiary/aromatic N) is 7. The van der Waals surface area contributed by atoms with Crippen molar-refractivity contribution in [3.8, 4) is 6.07 Å². The number of thiophene rings is 1. The Balaban J connectivity index is 1.92. The summed E-state index contributed by atoms with van der Waals surface area (Å²) in [5.74, 6) is 1.55. The third kappa shape index (κ3) is 2.71. The molecule has 0 atom stereocenters. The smallest absolute Gasteiger partial charge is 0.172 e. The average molecular weight is 369 g/mol. The number of hydrogen-bond acceptors (Lipinski definition) is 9. The number of hydrogen-bond donors (Lipinski definition) is 0. The monoisotopic (exact) mass is 369 g/mol. The fourth-order valence-electron chi connectivity index (χ4n) is 3.24. The van der Waals surface area contributed by atoms with Crippen molar-refractivity contribution < 1.29 is 4.74 Å². The van der Waals surface area contributed by atoms with E-state index in [4.69, 9.17) is 9.72 Å². The molecule has 134 valence electrons. The standard InChI is InChI=1S/C17H19N7OS/c1-3-23(4-2)15-11(10-18)9-12-13-14(26-17(12)19-15)16(21-22-20-13)24-5-7-25-8-6-24/h9H,3-8H2,1-2H3. The molecule has 0 saturated carbocycles. The van der Waals surface area contributed by atoms with E-state index in [1.165, 1.54) is 0 Å². The van der Waals surface area contributed by atoms with Crippen LogP contribution in [0.5, 0.6) is 0 Å². The Morgan fingerprint density at radius 2 is 2.04 bits per heavy atom. The number of anilines is 2. The normalized spacial score (nSPS) is 14.7. The van der Waals surface area contributed by atoms with Gasteiger partial charge in [-0.2, -0.15) is 5.26 Å². The lowest BCUT2D eigenvalue weighted by Gasteiger charge is -2.27. The first-order valence-corrected chi connectivity index (χ1v) is 9.52. The highest BCUT2D eigenvalue weighted by Gasteiger charge is 2.22. The van der Waals surface area contributed by atoms with Gasteiger partial charge in [0, 0.05) is 31.6 Å². The average Bonchev–Trinajstić information content (AvgIpc) is 3.06. The van der Waals surface area contributed by atoms with Gasteiger partial charge in [-0.1, -0.05) is 0 Å². The number of nitriles is 1. The SMILES string of the molecule is CCN(CC)c1nc2sc3c(N4CCOCC4)nnnc3c2cc1C#N. The second-order valence-corrected chi connectivity index (χ2v) is 6.99. The van der Waals surface area contributed by atoms with Gasteiger partial charge in [-0.15, -0.1) is 21.5 Å². The molecule has 0 aliphatic carbocycles. The van der Waals surface area contributed by atoms with Gasteiger partial charge in [0.05, 0.1) is 18.8 Å². The molecule has 1 fully saturated rings. The maximum Gasteiger partial charge on any atom is 0.172 e. The molecule has 1 saturated heterocycles. The minimum Gasteiger partial charge on any atom is -0.378 e. The van der Waals surface area contributed by atoms with Gasteiger partial charge in [0.15, 0.2) is 5.82 Å².